The Morgan fingerprint density at radius 2 is 2.39 bits per heavy atom. The highest BCUT2D eigenvalue weighted by atomic mass is 32.2. The maximum absolute atomic E-state index is 11.9. The van der Waals surface area contributed by atoms with E-state index in [1.807, 2.05) is 24.3 Å². The number of rotatable bonds is 6. The van der Waals surface area contributed by atoms with E-state index in [4.69, 9.17) is 0 Å². The molecule has 1 amide bonds. The van der Waals surface area contributed by atoms with Gasteiger partial charge in [-0.25, -0.2) is 4.98 Å². The van der Waals surface area contributed by atoms with Crippen molar-refractivity contribution in [2.24, 2.45) is 0 Å². The minimum Gasteiger partial charge on any atom is -0.387 e. The standard InChI is InChI=1S/C17H20N2O2S2/c1-2-22-14-9-10-17(14,21)11-18-15(20)7-8-16-19-12-5-3-4-6-13(12)23-16/h3-8,14,21H,2,9-11H2,1H3,(H,18,20)/b8-7+/t14-,17-/m0/s1. The predicted molar refractivity (Wildman–Crippen MR) is 97.8 cm³/mol. The summed E-state index contributed by atoms with van der Waals surface area (Å²) >= 11 is 3.32. The zero-order valence-electron chi connectivity index (χ0n) is 13.0. The topological polar surface area (TPSA) is 62.2 Å². The number of benzene rings is 1. The van der Waals surface area contributed by atoms with Crippen LogP contribution in [0.15, 0.2) is 30.3 Å². The minimum atomic E-state index is -0.750. The number of hydrogen-bond donors (Lipinski definition) is 2. The van der Waals surface area contributed by atoms with Gasteiger partial charge in [0.2, 0.25) is 5.91 Å². The van der Waals surface area contributed by atoms with Crippen molar-refractivity contribution in [1.29, 1.82) is 0 Å². The van der Waals surface area contributed by atoms with Crippen molar-refractivity contribution in [3.05, 3.63) is 35.3 Å². The molecule has 0 spiro atoms. The molecule has 1 heterocycles. The number of aromatic nitrogens is 1. The number of carbonyl (C=O) groups excluding carboxylic acids is 1. The third kappa shape index (κ3) is 3.76. The Hall–Kier alpha value is -1.37. The Bertz CT molecular complexity index is 695. The molecule has 23 heavy (non-hydrogen) atoms. The molecule has 1 aromatic carbocycles. The molecule has 0 saturated heterocycles. The zero-order valence-corrected chi connectivity index (χ0v) is 14.6. The number of nitrogens with zero attached hydrogens (tertiary/aromatic N) is 1. The Balaban J connectivity index is 1.55. The number of para-hydroxylation sites is 1. The fourth-order valence-corrected chi connectivity index (χ4v) is 4.71. The van der Waals surface area contributed by atoms with Crippen molar-refractivity contribution in [2.45, 2.75) is 30.6 Å². The van der Waals surface area contributed by atoms with Crippen molar-refractivity contribution in [2.75, 3.05) is 12.3 Å². The molecule has 3 rings (SSSR count). The summed E-state index contributed by atoms with van der Waals surface area (Å²) in [7, 11) is 0. The van der Waals surface area contributed by atoms with E-state index in [9.17, 15) is 9.90 Å². The largest absolute Gasteiger partial charge is 0.387 e. The molecule has 1 fully saturated rings. The average molecular weight is 348 g/mol. The van der Waals surface area contributed by atoms with E-state index in [1.165, 1.54) is 6.08 Å². The van der Waals surface area contributed by atoms with E-state index in [0.29, 0.717) is 6.54 Å². The van der Waals surface area contributed by atoms with Gasteiger partial charge in [-0.1, -0.05) is 19.1 Å². The van der Waals surface area contributed by atoms with Gasteiger partial charge in [-0.2, -0.15) is 11.8 Å². The van der Waals surface area contributed by atoms with Crippen LogP contribution in [0, 0.1) is 0 Å². The van der Waals surface area contributed by atoms with Crippen LogP contribution in [-0.2, 0) is 4.79 Å². The van der Waals surface area contributed by atoms with Crippen molar-refractivity contribution < 1.29 is 9.90 Å². The fraction of sp³-hybridized carbons (Fsp3) is 0.412. The number of thioether (sulfide) groups is 1. The van der Waals surface area contributed by atoms with Gasteiger partial charge in [0, 0.05) is 17.9 Å². The molecule has 0 unspecified atom stereocenters. The van der Waals surface area contributed by atoms with Crippen LogP contribution in [0.4, 0.5) is 0 Å². The van der Waals surface area contributed by atoms with Gasteiger partial charge in [0.05, 0.1) is 15.8 Å². The van der Waals surface area contributed by atoms with Crippen molar-refractivity contribution >= 4 is 45.3 Å². The van der Waals surface area contributed by atoms with E-state index in [2.05, 4.69) is 17.2 Å². The molecule has 1 aliphatic carbocycles. The summed E-state index contributed by atoms with van der Waals surface area (Å²) < 4.78 is 1.11. The number of hydrogen-bond acceptors (Lipinski definition) is 5. The van der Waals surface area contributed by atoms with Crippen LogP contribution in [0.2, 0.25) is 0 Å². The van der Waals surface area contributed by atoms with Crippen molar-refractivity contribution in [1.82, 2.24) is 10.3 Å². The second-order valence-corrected chi connectivity index (χ2v) is 8.20. The predicted octanol–water partition coefficient (Wildman–Crippen LogP) is 3.07. The summed E-state index contributed by atoms with van der Waals surface area (Å²) in [6.07, 6.45) is 4.99. The molecule has 6 heteroatoms. The quantitative estimate of drug-likeness (QED) is 0.788. The SMILES string of the molecule is CCS[C@H]1CC[C@]1(O)CNC(=O)/C=C/c1nc2ccccc2s1. The summed E-state index contributed by atoms with van der Waals surface area (Å²) in [6.45, 7) is 2.40. The molecule has 0 radical (unpaired) electrons. The monoisotopic (exact) mass is 348 g/mol. The lowest BCUT2D eigenvalue weighted by Gasteiger charge is -2.44. The van der Waals surface area contributed by atoms with Gasteiger partial charge >= 0.3 is 0 Å². The summed E-state index contributed by atoms with van der Waals surface area (Å²) in [6, 6.07) is 7.90. The molecule has 0 bridgehead atoms. The van der Waals surface area contributed by atoms with E-state index in [-0.39, 0.29) is 11.2 Å². The van der Waals surface area contributed by atoms with Crippen LogP contribution in [-0.4, -0.2) is 39.1 Å². The molecular formula is C17H20N2O2S2. The lowest BCUT2D eigenvalue weighted by Crippen LogP contribution is -2.56. The van der Waals surface area contributed by atoms with Crippen LogP contribution >= 0.6 is 23.1 Å². The number of thiazole rings is 1. The third-order valence-corrected chi connectivity index (χ3v) is 6.47. The second kappa shape index (κ2) is 7.03. The molecule has 2 N–H and O–H groups in total. The minimum absolute atomic E-state index is 0.190. The first-order chi connectivity index (χ1) is 11.1. The summed E-state index contributed by atoms with van der Waals surface area (Å²) in [5.41, 5.74) is 0.195. The first kappa shape index (κ1) is 16.5. The number of carbonyl (C=O) groups is 1. The van der Waals surface area contributed by atoms with Gasteiger partial charge in [0.15, 0.2) is 0 Å². The lowest BCUT2D eigenvalue weighted by atomic mass is 9.79. The molecule has 1 saturated carbocycles. The molecule has 1 aromatic heterocycles. The zero-order chi connectivity index (χ0) is 16.3. The van der Waals surface area contributed by atoms with E-state index < -0.39 is 5.60 Å². The summed E-state index contributed by atoms with van der Waals surface area (Å²) in [5, 5.41) is 14.3. The summed E-state index contributed by atoms with van der Waals surface area (Å²) in [4.78, 5) is 16.4. The number of fused-ring (bicyclic) bond motifs is 1. The van der Waals surface area contributed by atoms with Crippen LogP contribution < -0.4 is 5.32 Å². The maximum Gasteiger partial charge on any atom is 0.244 e. The lowest BCUT2D eigenvalue weighted by molar-refractivity contribution is -0.118. The maximum atomic E-state index is 11.9. The Morgan fingerprint density at radius 1 is 1.57 bits per heavy atom. The van der Waals surface area contributed by atoms with Crippen LogP contribution in [0.25, 0.3) is 16.3 Å². The fourth-order valence-electron chi connectivity index (χ4n) is 2.64. The highest BCUT2D eigenvalue weighted by molar-refractivity contribution is 8.00. The Labute approximate surface area is 144 Å². The highest BCUT2D eigenvalue weighted by Gasteiger charge is 2.45. The molecule has 0 aliphatic heterocycles. The van der Waals surface area contributed by atoms with Gasteiger partial charge in [0.25, 0.3) is 0 Å². The van der Waals surface area contributed by atoms with E-state index in [1.54, 1.807) is 29.2 Å². The Morgan fingerprint density at radius 3 is 3.09 bits per heavy atom. The average Bonchev–Trinajstić information content (AvgIpc) is 2.97. The molecule has 2 atom stereocenters. The first-order valence-electron chi connectivity index (χ1n) is 7.76. The van der Waals surface area contributed by atoms with Gasteiger partial charge in [-0.05, 0) is 36.8 Å². The van der Waals surface area contributed by atoms with Crippen molar-refractivity contribution in [3.8, 4) is 0 Å². The van der Waals surface area contributed by atoms with E-state index in [0.717, 1.165) is 33.8 Å². The molecule has 122 valence electrons. The second-order valence-electron chi connectivity index (χ2n) is 5.66. The van der Waals surface area contributed by atoms with E-state index >= 15 is 0 Å². The van der Waals surface area contributed by atoms with Crippen molar-refractivity contribution in [3.63, 3.8) is 0 Å². The van der Waals surface area contributed by atoms with Crippen LogP contribution in [0.3, 0.4) is 0 Å². The normalized spacial score (nSPS) is 24.0. The van der Waals surface area contributed by atoms with Gasteiger partial charge < -0.3 is 10.4 Å². The molecule has 4 nitrogen and oxygen atoms in total. The number of aliphatic hydroxyl groups is 1. The Kier molecular flexibility index (Phi) is 5.04. The molecule has 1 aliphatic rings. The van der Waals surface area contributed by atoms with Crippen LogP contribution in [0.1, 0.15) is 24.8 Å². The summed E-state index contributed by atoms with van der Waals surface area (Å²) in [5.74, 6) is 0.795. The first-order valence-corrected chi connectivity index (χ1v) is 9.63. The molecule has 2 aromatic rings. The van der Waals surface area contributed by atoms with Gasteiger partial charge in [0.1, 0.15) is 5.01 Å². The number of amides is 1. The number of nitrogens with one attached hydrogen (secondary N) is 1. The highest BCUT2D eigenvalue weighted by Crippen LogP contribution is 2.40. The van der Waals surface area contributed by atoms with Crippen LogP contribution in [0.5, 0.6) is 0 Å². The van der Waals surface area contributed by atoms with Gasteiger partial charge in [-0.3, -0.25) is 4.79 Å². The third-order valence-electron chi connectivity index (χ3n) is 4.06. The van der Waals surface area contributed by atoms with Gasteiger partial charge in [-0.15, -0.1) is 11.3 Å². The molecular weight excluding hydrogens is 328 g/mol. The smallest absolute Gasteiger partial charge is 0.244 e.